The third kappa shape index (κ3) is 3.80. The van der Waals surface area contributed by atoms with Gasteiger partial charge in [0.25, 0.3) is 0 Å². The number of rotatable bonds is 5. The molecule has 0 radical (unpaired) electrons. The molecule has 3 aromatic heterocycles. The molecular weight excluding hydrogens is 468 g/mol. The Kier molecular flexibility index (Phi) is 5.10. The number of ether oxygens (including phenoxy) is 1. The number of fused-ring (bicyclic) bond motifs is 1. The van der Waals surface area contributed by atoms with E-state index in [1.54, 1.807) is 30.1 Å². The Hall–Kier alpha value is -4.47. The van der Waals surface area contributed by atoms with Gasteiger partial charge in [0, 0.05) is 24.2 Å². The maximum absolute atomic E-state index is 14.7. The number of nitrogens with zero attached hydrogens (tertiary/aromatic N) is 5. The van der Waals surface area contributed by atoms with Gasteiger partial charge in [-0.2, -0.15) is 0 Å². The number of aromatic nitrogens is 5. The fourth-order valence-electron chi connectivity index (χ4n) is 4.22. The summed E-state index contributed by atoms with van der Waals surface area (Å²) in [4.78, 5) is 21.0. The maximum Gasteiger partial charge on any atom is 0.338 e. The van der Waals surface area contributed by atoms with Crippen molar-refractivity contribution in [2.24, 2.45) is 7.05 Å². The lowest BCUT2D eigenvalue weighted by molar-refractivity contribution is 0.0600. The van der Waals surface area contributed by atoms with Crippen molar-refractivity contribution in [1.82, 2.24) is 24.7 Å². The summed E-state index contributed by atoms with van der Waals surface area (Å²) < 4.78 is 41.1. The number of benzene rings is 2. The molecule has 180 valence electrons. The SMILES string of the molecule is COC(=O)c1cc(F)c2oc(-c3cc(-c4ccc(F)cc4-c4nncn4C)cc(C4CC4)n3)nc2c1. The van der Waals surface area contributed by atoms with Gasteiger partial charge >= 0.3 is 5.97 Å². The summed E-state index contributed by atoms with van der Waals surface area (Å²) in [6.45, 7) is 0. The summed E-state index contributed by atoms with van der Waals surface area (Å²) in [7, 11) is 3.01. The van der Waals surface area contributed by atoms with Crippen LogP contribution in [0.15, 0.2) is 53.2 Å². The molecule has 10 heteroatoms. The first-order valence-electron chi connectivity index (χ1n) is 11.3. The van der Waals surface area contributed by atoms with Gasteiger partial charge < -0.3 is 13.7 Å². The van der Waals surface area contributed by atoms with Crippen molar-refractivity contribution in [2.45, 2.75) is 18.8 Å². The molecule has 0 spiro atoms. The van der Waals surface area contributed by atoms with Gasteiger partial charge in [-0.05, 0) is 60.4 Å². The standard InChI is InChI=1S/C26H19F2N5O3/c1-33-12-29-32-24(33)18-11-16(27)5-6-17(18)14-8-20(13-3-4-13)30-22(9-14)25-31-21-10-15(26(34)35-2)7-19(28)23(21)36-25/h5-13H,3-4H2,1-2H3. The summed E-state index contributed by atoms with van der Waals surface area (Å²) in [5.41, 5.74) is 3.42. The van der Waals surface area contributed by atoms with Crippen molar-refractivity contribution < 1.29 is 22.7 Å². The van der Waals surface area contributed by atoms with Crippen LogP contribution in [0.5, 0.6) is 0 Å². The highest BCUT2D eigenvalue weighted by Crippen LogP contribution is 2.42. The minimum Gasteiger partial charge on any atom is -0.465 e. The number of methoxy groups -OCH3 is 1. The predicted molar refractivity (Wildman–Crippen MR) is 126 cm³/mol. The minimum absolute atomic E-state index is 0.0300. The number of carbonyl (C=O) groups excluding carboxylic acids is 1. The largest absolute Gasteiger partial charge is 0.465 e. The van der Waals surface area contributed by atoms with Gasteiger partial charge in [-0.25, -0.2) is 23.5 Å². The van der Waals surface area contributed by atoms with Crippen LogP contribution < -0.4 is 0 Å². The Labute approximate surface area is 203 Å². The average Bonchev–Trinajstić information content (AvgIpc) is 3.50. The van der Waals surface area contributed by atoms with Crippen molar-refractivity contribution in [3.63, 3.8) is 0 Å². The van der Waals surface area contributed by atoms with Crippen molar-refractivity contribution in [3.05, 3.63) is 71.7 Å². The summed E-state index contributed by atoms with van der Waals surface area (Å²) in [5.74, 6) is -0.900. The third-order valence-corrected chi connectivity index (χ3v) is 6.17. The molecule has 5 aromatic rings. The Morgan fingerprint density at radius 3 is 2.64 bits per heavy atom. The molecule has 36 heavy (non-hydrogen) atoms. The molecule has 2 aromatic carbocycles. The second-order valence-corrected chi connectivity index (χ2v) is 8.71. The molecule has 6 rings (SSSR count). The van der Waals surface area contributed by atoms with Gasteiger partial charge in [0.2, 0.25) is 5.89 Å². The highest BCUT2D eigenvalue weighted by molar-refractivity contribution is 5.93. The van der Waals surface area contributed by atoms with Gasteiger partial charge in [0.1, 0.15) is 23.4 Å². The van der Waals surface area contributed by atoms with Crippen LogP contribution in [0.4, 0.5) is 8.78 Å². The molecule has 0 amide bonds. The number of esters is 1. The van der Waals surface area contributed by atoms with Gasteiger partial charge in [-0.3, -0.25) is 0 Å². The highest BCUT2D eigenvalue weighted by Gasteiger charge is 2.28. The first kappa shape index (κ1) is 22.0. The molecule has 0 bridgehead atoms. The van der Waals surface area contributed by atoms with E-state index >= 15 is 0 Å². The molecule has 1 saturated carbocycles. The Balaban J connectivity index is 1.52. The minimum atomic E-state index is -0.728. The van der Waals surface area contributed by atoms with Crippen molar-refractivity contribution >= 4 is 17.1 Å². The number of carbonyl (C=O) groups is 1. The summed E-state index contributed by atoms with van der Waals surface area (Å²) in [6.07, 6.45) is 3.55. The van der Waals surface area contributed by atoms with E-state index in [1.807, 2.05) is 6.07 Å². The van der Waals surface area contributed by atoms with Crippen LogP contribution in [0.25, 0.3) is 45.2 Å². The fraction of sp³-hybridized carbons (Fsp3) is 0.192. The first-order valence-corrected chi connectivity index (χ1v) is 11.3. The van der Waals surface area contributed by atoms with Crippen molar-refractivity contribution in [2.75, 3.05) is 7.11 Å². The predicted octanol–water partition coefficient (Wildman–Crippen LogP) is 5.29. The molecule has 3 heterocycles. The van der Waals surface area contributed by atoms with E-state index in [-0.39, 0.29) is 28.5 Å². The molecule has 0 saturated heterocycles. The van der Waals surface area contributed by atoms with Crippen LogP contribution in [0.3, 0.4) is 0 Å². The lowest BCUT2D eigenvalue weighted by atomic mass is 9.97. The van der Waals surface area contributed by atoms with E-state index in [1.165, 1.54) is 25.3 Å². The van der Waals surface area contributed by atoms with E-state index in [4.69, 9.17) is 9.40 Å². The monoisotopic (exact) mass is 487 g/mol. The zero-order chi connectivity index (χ0) is 25.0. The second kappa shape index (κ2) is 8.33. The van der Waals surface area contributed by atoms with Crippen LogP contribution in [0.1, 0.15) is 34.8 Å². The molecule has 0 unspecified atom stereocenters. The molecule has 1 aliphatic rings. The number of aryl methyl sites for hydroxylation is 1. The fourth-order valence-corrected chi connectivity index (χ4v) is 4.22. The van der Waals surface area contributed by atoms with Crippen LogP contribution in [-0.2, 0) is 11.8 Å². The molecule has 0 N–H and O–H groups in total. The molecule has 1 fully saturated rings. The first-order chi connectivity index (χ1) is 17.4. The smallest absolute Gasteiger partial charge is 0.338 e. The number of oxazole rings is 1. The van der Waals surface area contributed by atoms with Gasteiger partial charge in [0.05, 0.1) is 12.7 Å². The lowest BCUT2D eigenvalue weighted by Crippen LogP contribution is -2.01. The van der Waals surface area contributed by atoms with Crippen LogP contribution in [-0.4, -0.2) is 37.8 Å². The van der Waals surface area contributed by atoms with E-state index in [2.05, 4.69) is 19.9 Å². The quantitative estimate of drug-likeness (QED) is 0.311. The van der Waals surface area contributed by atoms with E-state index < -0.39 is 17.6 Å². The van der Waals surface area contributed by atoms with Crippen LogP contribution >= 0.6 is 0 Å². The lowest BCUT2D eigenvalue weighted by Gasteiger charge is -2.12. The molecular formula is C26H19F2N5O3. The third-order valence-electron chi connectivity index (χ3n) is 6.17. The summed E-state index contributed by atoms with van der Waals surface area (Å²) in [5, 5.41) is 8.08. The number of hydrogen-bond donors (Lipinski definition) is 0. The average molecular weight is 487 g/mol. The number of hydrogen-bond acceptors (Lipinski definition) is 7. The second-order valence-electron chi connectivity index (χ2n) is 8.71. The zero-order valence-corrected chi connectivity index (χ0v) is 19.3. The summed E-state index contributed by atoms with van der Waals surface area (Å²) in [6, 6.07) is 10.7. The molecule has 8 nitrogen and oxygen atoms in total. The van der Waals surface area contributed by atoms with Crippen LogP contribution in [0, 0.1) is 11.6 Å². The molecule has 0 atom stereocenters. The Bertz CT molecular complexity index is 1660. The van der Waals surface area contributed by atoms with Crippen LogP contribution in [0.2, 0.25) is 0 Å². The topological polar surface area (TPSA) is 95.9 Å². The number of pyridine rings is 1. The Morgan fingerprint density at radius 2 is 1.92 bits per heavy atom. The van der Waals surface area contributed by atoms with Crippen molar-refractivity contribution in [3.8, 4) is 34.1 Å². The van der Waals surface area contributed by atoms with E-state index in [9.17, 15) is 13.6 Å². The Morgan fingerprint density at radius 1 is 1.08 bits per heavy atom. The van der Waals surface area contributed by atoms with Gasteiger partial charge in [-0.15, -0.1) is 10.2 Å². The van der Waals surface area contributed by atoms with Gasteiger partial charge in [-0.1, -0.05) is 6.07 Å². The molecule has 1 aliphatic carbocycles. The van der Waals surface area contributed by atoms with E-state index in [0.717, 1.165) is 35.7 Å². The maximum atomic E-state index is 14.7. The highest BCUT2D eigenvalue weighted by atomic mass is 19.1. The van der Waals surface area contributed by atoms with E-state index in [0.29, 0.717) is 17.1 Å². The van der Waals surface area contributed by atoms with Crippen molar-refractivity contribution in [1.29, 1.82) is 0 Å². The van der Waals surface area contributed by atoms with Gasteiger partial charge in [0.15, 0.2) is 17.2 Å². The summed E-state index contributed by atoms with van der Waals surface area (Å²) >= 11 is 0. The zero-order valence-electron chi connectivity index (χ0n) is 19.3. The normalized spacial score (nSPS) is 13.3. The number of halogens is 2. The molecule has 0 aliphatic heterocycles.